The predicted octanol–water partition coefficient (Wildman–Crippen LogP) is 8.89. The molecule has 5 aromatic rings. The Morgan fingerprint density at radius 1 is 0.957 bits per heavy atom. The van der Waals surface area contributed by atoms with Crippen molar-refractivity contribution in [2.75, 3.05) is 11.9 Å². The van der Waals surface area contributed by atoms with Crippen LogP contribution >= 0.6 is 0 Å². The van der Waals surface area contributed by atoms with Gasteiger partial charge in [0.05, 0.1) is 16.9 Å². The van der Waals surface area contributed by atoms with E-state index in [2.05, 4.69) is 25.4 Å². The molecule has 2 aromatic heterocycles. The third-order valence-corrected chi connectivity index (χ3v) is 10.2. The lowest BCUT2D eigenvalue weighted by Gasteiger charge is -2.54. The number of aromatic nitrogens is 3. The highest BCUT2D eigenvalue weighted by atomic mass is 19.1. The summed E-state index contributed by atoms with van der Waals surface area (Å²) in [7, 11) is 1.98. The van der Waals surface area contributed by atoms with Crippen molar-refractivity contribution in [2.45, 2.75) is 44.9 Å². The fourth-order valence-corrected chi connectivity index (χ4v) is 8.09. The summed E-state index contributed by atoms with van der Waals surface area (Å²) in [6.45, 7) is 8.40. The number of para-hydroxylation sites is 2. The topological polar surface area (TPSA) is 59.0 Å². The van der Waals surface area contributed by atoms with Crippen LogP contribution in [0.4, 0.5) is 10.1 Å². The maximum atomic E-state index is 15.6. The Morgan fingerprint density at radius 2 is 1.70 bits per heavy atom. The van der Waals surface area contributed by atoms with Crippen molar-refractivity contribution in [1.29, 1.82) is 0 Å². The number of hydrogen-bond acceptors (Lipinski definition) is 5. The number of halogens is 1. The van der Waals surface area contributed by atoms with Crippen molar-refractivity contribution in [1.82, 2.24) is 15.0 Å². The fourth-order valence-electron chi connectivity index (χ4n) is 8.09. The molecule has 2 aliphatic rings. The van der Waals surface area contributed by atoms with Gasteiger partial charge in [-0.15, -0.1) is 6.58 Å². The van der Waals surface area contributed by atoms with Crippen LogP contribution < -0.4 is 4.90 Å². The maximum absolute atomic E-state index is 15.6. The number of fused-ring (bicyclic) bond motifs is 4. The Labute approximate surface area is 269 Å². The normalized spacial score (nSPS) is 23.2. The van der Waals surface area contributed by atoms with Gasteiger partial charge in [-0.25, -0.2) is 14.4 Å². The lowest BCUT2D eigenvalue weighted by atomic mass is 9.48. The molecule has 7 rings (SSSR count). The number of pyridine rings is 1. The summed E-state index contributed by atoms with van der Waals surface area (Å²) in [5.41, 5.74) is 5.17. The number of rotatable bonds is 6. The number of ketones is 1. The number of nitrogens with zero attached hydrogens (tertiary/aromatic N) is 4. The van der Waals surface area contributed by atoms with E-state index in [1.807, 2.05) is 91.0 Å². The minimum atomic E-state index is -0.678. The van der Waals surface area contributed by atoms with Crippen LogP contribution in [-0.2, 0) is 16.6 Å². The molecule has 0 bridgehead atoms. The van der Waals surface area contributed by atoms with Gasteiger partial charge in [0.15, 0.2) is 11.6 Å². The van der Waals surface area contributed by atoms with E-state index in [4.69, 9.17) is 9.97 Å². The van der Waals surface area contributed by atoms with Gasteiger partial charge in [0, 0.05) is 63.6 Å². The zero-order valence-electron chi connectivity index (χ0n) is 26.5. The van der Waals surface area contributed by atoms with E-state index >= 15 is 4.39 Å². The van der Waals surface area contributed by atoms with Crippen LogP contribution in [0.15, 0.2) is 116 Å². The van der Waals surface area contributed by atoms with Crippen LogP contribution in [0, 0.1) is 17.2 Å². The van der Waals surface area contributed by atoms with E-state index in [0.29, 0.717) is 36.3 Å². The number of allylic oxidation sites excluding steroid dienone is 2. The summed E-state index contributed by atoms with van der Waals surface area (Å²) in [4.78, 5) is 31.5. The number of hydrogen-bond donors (Lipinski definition) is 0. The second-order valence-corrected chi connectivity index (χ2v) is 13.1. The van der Waals surface area contributed by atoms with Crippen LogP contribution in [0.25, 0.3) is 33.5 Å². The maximum Gasteiger partial charge on any atom is 0.166 e. The third-order valence-electron chi connectivity index (χ3n) is 10.2. The molecule has 46 heavy (non-hydrogen) atoms. The van der Waals surface area contributed by atoms with Crippen molar-refractivity contribution in [3.63, 3.8) is 0 Å². The molecule has 0 unspecified atom stereocenters. The van der Waals surface area contributed by atoms with Crippen molar-refractivity contribution in [2.24, 2.45) is 11.3 Å². The third kappa shape index (κ3) is 4.75. The molecule has 3 atom stereocenters. The average molecular weight is 609 g/mol. The molecule has 0 radical (unpaired) electrons. The number of anilines is 1. The molecule has 2 aliphatic carbocycles. The van der Waals surface area contributed by atoms with Gasteiger partial charge in [-0.1, -0.05) is 68.5 Å². The van der Waals surface area contributed by atoms with Gasteiger partial charge in [-0.05, 0) is 68.0 Å². The highest BCUT2D eigenvalue weighted by Crippen LogP contribution is 2.59. The second-order valence-electron chi connectivity index (χ2n) is 13.1. The van der Waals surface area contributed by atoms with Crippen LogP contribution in [0.1, 0.15) is 44.4 Å². The summed E-state index contributed by atoms with van der Waals surface area (Å²) in [6.07, 6.45) is 8.12. The lowest BCUT2D eigenvalue weighted by molar-refractivity contribution is -0.132. The minimum Gasteiger partial charge on any atom is -0.351 e. The Balaban J connectivity index is 1.48. The van der Waals surface area contributed by atoms with E-state index in [-0.39, 0.29) is 17.5 Å². The van der Waals surface area contributed by atoms with Gasteiger partial charge >= 0.3 is 0 Å². The molecule has 0 N–H and O–H groups in total. The van der Waals surface area contributed by atoms with E-state index in [1.54, 1.807) is 18.3 Å². The van der Waals surface area contributed by atoms with Gasteiger partial charge in [0.1, 0.15) is 5.82 Å². The summed E-state index contributed by atoms with van der Waals surface area (Å²) in [6, 6.07) is 26.8. The first-order chi connectivity index (χ1) is 22.2. The van der Waals surface area contributed by atoms with E-state index < -0.39 is 10.8 Å². The van der Waals surface area contributed by atoms with Gasteiger partial charge in [-0.2, -0.15) is 0 Å². The van der Waals surface area contributed by atoms with Crippen LogP contribution in [0.2, 0.25) is 0 Å². The molecule has 0 amide bonds. The van der Waals surface area contributed by atoms with E-state index in [9.17, 15) is 4.79 Å². The molecule has 230 valence electrons. The van der Waals surface area contributed by atoms with Gasteiger partial charge in [-0.3, -0.25) is 9.78 Å². The standard InChI is InChI=1S/C40H37FN4O/c1-5-22-39(2)34-20-19-31-35(30-16-9-11-17-32(30)41)43-38(29-21-23-42-33-18-12-10-15-28(29)33)44-36(31)40(34,3)24-26(37(39)46)25-45(4)27-13-7-6-8-14-27/h5-18,21,23,25,34H,1,19-20,22,24H2,2-4H3/b26-25-/t34-,39-,40-/m1/s1. The number of benzene rings is 3. The molecule has 6 heteroatoms. The first-order valence-electron chi connectivity index (χ1n) is 15.9. The Hall–Kier alpha value is -4.97. The fraction of sp³-hybridized carbons (Fsp3) is 0.250. The molecular formula is C40H37FN4O. The Bertz CT molecular complexity index is 2020. The van der Waals surface area contributed by atoms with Crippen molar-refractivity contribution in [3.05, 3.63) is 133 Å². The number of Topliss-reactive ketones (excluding diaryl/α,β-unsaturated/α-hetero) is 1. The SMILES string of the molecule is C=CC[C@@]1(C)C(=O)/C(=C\N(C)c2ccccc2)C[C@@]2(C)c3nc(-c4ccnc5ccccc45)nc(-c4ccccc4F)c3CC[C@H]12. The number of carbonyl (C=O) groups excluding carboxylic acids is 1. The van der Waals surface area contributed by atoms with Gasteiger partial charge < -0.3 is 4.90 Å². The van der Waals surface area contributed by atoms with Gasteiger partial charge in [0.25, 0.3) is 0 Å². The van der Waals surface area contributed by atoms with E-state index in [1.165, 1.54) is 6.07 Å². The highest BCUT2D eigenvalue weighted by molar-refractivity contribution is 6.02. The zero-order chi connectivity index (χ0) is 32.1. The smallest absolute Gasteiger partial charge is 0.166 e. The summed E-state index contributed by atoms with van der Waals surface area (Å²) >= 11 is 0. The molecule has 0 saturated heterocycles. The average Bonchev–Trinajstić information content (AvgIpc) is 3.07. The molecule has 5 nitrogen and oxygen atoms in total. The second kappa shape index (κ2) is 11.4. The zero-order valence-corrected chi connectivity index (χ0v) is 26.5. The van der Waals surface area contributed by atoms with Crippen molar-refractivity contribution in [3.8, 4) is 22.6 Å². The number of carbonyl (C=O) groups is 1. The molecule has 2 heterocycles. The van der Waals surface area contributed by atoms with Crippen LogP contribution in [0.3, 0.4) is 0 Å². The van der Waals surface area contributed by atoms with Gasteiger partial charge in [0.2, 0.25) is 0 Å². The summed E-state index contributed by atoms with van der Waals surface area (Å²) in [5, 5.41) is 0.933. The monoisotopic (exact) mass is 608 g/mol. The van der Waals surface area contributed by atoms with Crippen molar-refractivity contribution < 1.29 is 9.18 Å². The van der Waals surface area contributed by atoms with Crippen molar-refractivity contribution >= 4 is 22.4 Å². The Kier molecular flexibility index (Phi) is 7.39. The molecule has 3 aromatic carbocycles. The molecule has 1 fully saturated rings. The largest absolute Gasteiger partial charge is 0.351 e. The Morgan fingerprint density at radius 3 is 2.48 bits per heavy atom. The first kappa shape index (κ1) is 29.7. The quantitative estimate of drug-likeness (QED) is 0.142. The van der Waals surface area contributed by atoms with Crippen LogP contribution in [-0.4, -0.2) is 27.8 Å². The molecule has 0 spiro atoms. The highest BCUT2D eigenvalue weighted by Gasteiger charge is 2.58. The van der Waals surface area contributed by atoms with E-state index in [0.717, 1.165) is 45.4 Å². The lowest BCUT2D eigenvalue weighted by Crippen LogP contribution is -2.55. The summed E-state index contributed by atoms with van der Waals surface area (Å²) in [5.74, 6) is 0.376. The first-order valence-corrected chi connectivity index (χ1v) is 15.9. The predicted molar refractivity (Wildman–Crippen MR) is 183 cm³/mol. The molecule has 1 saturated carbocycles. The molecule has 0 aliphatic heterocycles. The summed E-state index contributed by atoms with van der Waals surface area (Å²) < 4.78 is 15.6. The molecular weight excluding hydrogens is 571 g/mol. The minimum absolute atomic E-state index is 0.00239. The van der Waals surface area contributed by atoms with Crippen LogP contribution in [0.5, 0.6) is 0 Å².